The maximum absolute atomic E-state index is 13.5. The Bertz CT molecular complexity index is 1080. The number of benzene rings is 2. The van der Waals surface area contributed by atoms with Gasteiger partial charge >= 0.3 is 0 Å². The Balaban J connectivity index is 0.00000289. The number of hydrogen-bond acceptors (Lipinski definition) is 5. The van der Waals surface area contributed by atoms with Crippen LogP contribution in [0.2, 0.25) is 0 Å². The number of halogens is 3. The smallest absolute Gasteiger partial charge is 0.243 e. The van der Waals surface area contributed by atoms with E-state index in [2.05, 4.69) is 15.6 Å². The molecule has 32 heavy (non-hydrogen) atoms. The molecule has 2 aromatic carbocycles. The Morgan fingerprint density at radius 3 is 2.44 bits per heavy atom. The van der Waals surface area contributed by atoms with Crippen molar-refractivity contribution in [2.45, 2.75) is 36.7 Å². The minimum atomic E-state index is -3.57. The molecule has 2 heterocycles. The number of piperidine rings is 1. The molecule has 0 saturated carbocycles. The fraction of sp³-hybridized carbons (Fsp3) is 0.409. The van der Waals surface area contributed by atoms with Crippen molar-refractivity contribution in [2.75, 3.05) is 26.2 Å². The standard InChI is InChI=1S/C22H26F2N4O2S.ClH/c1-16-4-2-3-5-20(16)31(29,30)28-10-6-22(7-11-28)21(25-8-9-27-22)26-15-17-12-18(23)14-19(24)13-17;/h2-5,12-14,27H,6-11,15H2,1H3,(H,25,26);1H. The molecule has 1 fully saturated rings. The zero-order valence-electron chi connectivity index (χ0n) is 17.8. The van der Waals surface area contributed by atoms with E-state index in [-0.39, 0.29) is 19.0 Å². The molecule has 6 nitrogen and oxygen atoms in total. The van der Waals surface area contributed by atoms with Crippen LogP contribution in [-0.4, -0.2) is 50.3 Å². The first kappa shape index (κ1) is 24.6. The number of aryl methyl sites for hydroxylation is 1. The predicted octanol–water partition coefficient (Wildman–Crippen LogP) is 3.01. The number of nitrogens with zero attached hydrogens (tertiary/aromatic N) is 2. The third-order valence-electron chi connectivity index (χ3n) is 5.97. The predicted molar refractivity (Wildman–Crippen MR) is 123 cm³/mol. The van der Waals surface area contributed by atoms with Crippen molar-refractivity contribution in [3.63, 3.8) is 0 Å². The zero-order chi connectivity index (χ0) is 22.1. The first-order valence-electron chi connectivity index (χ1n) is 10.3. The van der Waals surface area contributed by atoms with Crippen LogP contribution < -0.4 is 10.6 Å². The normalized spacial score (nSPS) is 18.7. The Labute approximate surface area is 193 Å². The van der Waals surface area contributed by atoms with Crippen LogP contribution in [0.4, 0.5) is 8.78 Å². The summed E-state index contributed by atoms with van der Waals surface area (Å²) >= 11 is 0. The Kier molecular flexibility index (Phi) is 7.54. The van der Waals surface area contributed by atoms with Crippen LogP contribution >= 0.6 is 12.4 Å². The minimum absolute atomic E-state index is 0. The largest absolute Gasteiger partial charge is 0.368 e. The van der Waals surface area contributed by atoms with Gasteiger partial charge in [-0.1, -0.05) is 18.2 Å². The molecule has 0 aliphatic carbocycles. The van der Waals surface area contributed by atoms with E-state index in [1.54, 1.807) is 25.1 Å². The molecule has 0 aromatic heterocycles. The summed E-state index contributed by atoms with van der Waals surface area (Å²) in [5.74, 6) is -0.522. The molecule has 1 spiro atoms. The number of rotatable bonds is 4. The third kappa shape index (κ3) is 4.96. The average molecular weight is 485 g/mol. The van der Waals surface area contributed by atoms with Crippen molar-refractivity contribution >= 4 is 28.3 Å². The highest BCUT2D eigenvalue weighted by atomic mass is 35.5. The van der Waals surface area contributed by atoms with E-state index in [0.717, 1.165) is 17.5 Å². The van der Waals surface area contributed by atoms with Gasteiger partial charge in [0.25, 0.3) is 0 Å². The van der Waals surface area contributed by atoms with Crippen molar-refractivity contribution in [1.29, 1.82) is 0 Å². The fourth-order valence-electron chi connectivity index (χ4n) is 4.33. The number of hydrogen-bond donors (Lipinski definition) is 2. The lowest BCUT2D eigenvalue weighted by molar-refractivity contribution is 0.241. The second-order valence-electron chi connectivity index (χ2n) is 8.04. The number of nitrogens with one attached hydrogen (secondary N) is 2. The third-order valence-corrected chi connectivity index (χ3v) is 8.03. The SMILES string of the molecule is Cc1ccccc1S(=O)(=O)N1CCC2(CC1)NCCN=C2NCc1cc(F)cc(F)c1.Cl. The summed E-state index contributed by atoms with van der Waals surface area (Å²) in [4.78, 5) is 4.95. The van der Waals surface area contributed by atoms with Crippen LogP contribution in [0.3, 0.4) is 0 Å². The highest BCUT2D eigenvalue weighted by Gasteiger charge is 2.43. The number of amidine groups is 1. The van der Waals surface area contributed by atoms with E-state index in [9.17, 15) is 17.2 Å². The molecule has 1 saturated heterocycles. The lowest BCUT2D eigenvalue weighted by atomic mass is 9.85. The van der Waals surface area contributed by atoms with Gasteiger partial charge in [-0.15, -0.1) is 12.4 Å². The van der Waals surface area contributed by atoms with Crippen LogP contribution in [0.25, 0.3) is 0 Å². The van der Waals surface area contributed by atoms with Crippen molar-refractivity contribution in [3.05, 3.63) is 65.2 Å². The number of aliphatic imine (C=N–C) groups is 1. The number of sulfonamides is 1. The van der Waals surface area contributed by atoms with Gasteiger partial charge in [0.1, 0.15) is 17.5 Å². The molecular formula is C22H27ClF2N4O2S. The lowest BCUT2D eigenvalue weighted by Gasteiger charge is -2.44. The highest BCUT2D eigenvalue weighted by molar-refractivity contribution is 7.89. The monoisotopic (exact) mass is 484 g/mol. The van der Waals surface area contributed by atoms with Gasteiger partial charge in [-0.25, -0.2) is 17.2 Å². The summed E-state index contributed by atoms with van der Waals surface area (Å²) < 4.78 is 54.8. The summed E-state index contributed by atoms with van der Waals surface area (Å²) in [7, 11) is -3.57. The first-order chi connectivity index (χ1) is 14.8. The average Bonchev–Trinajstić information content (AvgIpc) is 2.73. The van der Waals surface area contributed by atoms with Crippen molar-refractivity contribution in [2.24, 2.45) is 4.99 Å². The molecule has 0 bridgehead atoms. The second-order valence-corrected chi connectivity index (χ2v) is 9.95. The molecule has 2 aliphatic rings. The van der Waals surface area contributed by atoms with E-state index in [1.165, 1.54) is 16.4 Å². The molecule has 0 atom stereocenters. The molecule has 0 radical (unpaired) electrons. The molecule has 0 amide bonds. The van der Waals surface area contributed by atoms with Crippen LogP contribution in [-0.2, 0) is 16.6 Å². The van der Waals surface area contributed by atoms with E-state index in [4.69, 9.17) is 0 Å². The van der Waals surface area contributed by atoms with Gasteiger partial charge in [-0.2, -0.15) is 4.31 Å². The van der Waals surface area contributed by atoms with Crippen LogP contribution in [0.5, 0.6) is 0 Å². The van der Waals surface area contributed by atoms with E-state index in [0.29, 0.717) is 49.5 Å². The molecular weight excluding hydrogens is 458 g/mol. The second kappa shape index (κ2) is 9.82. The van der Waals surface area contributed by atoms with Gasteiger partial charge in [0, 0.05) is 32.2 Å². The van der Waals surface area contributed by atoms with Crippen LogP contribution in [0.15, 0.2) is 52.4 Å². The summed E-state index contributed by atoms with van der Waals surface area (Å²) in [6.07, 6.45) is 1.11. The van der Waals surface area contributed by atoms with E-state index < -0.39 is 27.2 Å². The maximum atomic E-state index is 13.5. The lowest BCUT2D eigenvalue weighted by Crippen LogP contribution is -2.64. The van der Waals surface area contributed by atoms with Gasteiger partial charge < -0.3 is 10.6 Å². The topological polar surface area (TPSA) is 73.8 Å². The molecule has 174 valence electrons. The van der Waals surface area contributed by atoms with Crippen LogP contribution in [0.1, 0.15) is 24.0 Å². The van der Waals surface area contributed by atoms with Gasteiger partial charge in [-0.3, -0.25) is 4.99 Å². The molecule has 2 aliphatic heterocycles. The van der Waals surface area contributed by atoms with Gasteiger partial charge in [-0.05, 0) is 49.1 Å². The quantitative estimate of drug-likeness (QED) is 0.699. The molecule has 4 rings (SSSR count). The summed E-state index contributed by atoms with van der Waals surface area (Å²) in [5.41, 5.74) is 0.743. The fourth-order valence-corrected chi connectivity index (χ4v) is 6.00. The van der Waals surface area contributed by atoms with E-state index >= 15 is 0 Å². The first-order valence-corrected chi connectivity index (χ1v) is 11.8. The van der Waals surface area contributed by atoms with Crippen molar-refractivity contribution in [3.8, 4) is 0 Å². The molecule has 2 aromatic rings. The Morgan fingerprint density at radius 2 is 1.78 bits per heavy atom. The molecule has 10 heteroatoms. The maximum Gasteiger partial charge on any atom is 0.243 e. The molecule has 0 unspecified atom stereocenters. The van der Waals surface area contributed by atoms with Gasteiger partial charge in [0.2, 0.25) is 10.0 Å². The van der Waals surface area contributed by atoms with Gasteiger partial charge in [0.15, 0.2) is 0 Å². The minimum Gasteiger partial charge on any atom is -0.368 e. The van der Waals surface area contributed by atoms with Crippen LogP contribution in [0, 0.1) is 18.6 Å². The molecule has 2 N–H and O–H groups in total. The van der Waals surface area contributed by atoms with E-state index in [1.807, 2.05) is 6.07 Å². The highest BCUT2D eigenvalue weighted by Crippen LogP contribution is 2.30. The Morgan fingerprint density at radius 1 is 1.12 bits per heavy atom. The van der Waals surface area contributed by atoms with Crippen molar-refractivity contribution < 1.29 is 17.2 Å². The Hall–Kier alpha value is -2.07. The summed E-state index contributed by atoms with van der Waals surface area (Å²) in [6, 6.07) is 10.4. The summed E-state index contributed by atoms with van der Waals surface area (Å²) in [6.45, 7) is 4.04. The van der Waals surface area contributed by atoms with Crippen molar-refractivity contribution in [1.82, 2.24) is 14.9 Å². The zero-order valence-corrected chi connectivity index (χ0v) is 19.4. The van der Waals surface area contributed by atoms with Gasteiger partial charge in [0.05, 0.1) is 17.0 Å². The summed E-state index contributed by atoms with van der Waals surface area (Å²) in [5, 5.41) is 6.74.